The van der Waals surface area contributed by atoms with Gasteiger partial charge in [0.1, 0.15) is 0 Å². The third-order valence-electron chi connectivity index (χ3n) is 3.48. The molecule has 1 aliphatic rings. The van der Waals surface area contributed by atoms with E-state index in [0.717, 1.165) is 19.4 Å². The lowest BCUT2D eigenvalue weighted by atomic mass is 10.3. The number of hydrogen-bond acceptors (Lipinski definition) is 4. The van der Waals surface area contributed by atoms with Gasteiger partial charge in [-0.3, -0.25) is 4.99 Å². The summed E-state index contributed by atoms with van der Waals surface area (Å²) >= 11 is 0. The molecule has 7 nitrogen and oxygen atoms in total. The van der Waals surface area contributed by atoms with Crippen molar-refractivity contribution in [1.82, 2.24) is 14.5 Å². The monoisotopic (exact) mass is 460 g/mol. The fourth-order valence-corrected chi connectivity index (χ4v) is 3.53. The van der Waals surface area contributed by atoms with Crippen molar-refractivity contribution in [1.29, 1.82) is 0 Å². The number of rotatable bonds is 8. The van der Waals surface area contributed by atoms with Crippen LogP contribution in [0.3, 0.4) is 0 Å². The van der Waals surface area contributed by atoms with Gasteiger partial charge in [-0.2, -0.15) is 4.31 Å². The van der Waals surface area contributed by atoms with Crippen molar-refractivity contribution in [3.8, 4) is 0 Å². The Bertz CT molecular complexity index is 465. The zero-order valence-electron chi connectivity index (χ0n) is 14.0. The van der Waals surface area contributed by atoms with E-state index in [1.807, 2.05) is 18.0 Å². The fraction of sp³-hybridized carbons (Fsp3) is 0.786. The second-order valence-corrected chi connectivity index (χ2v) is 7.24. The second kappa shape index (κ2) is 12.0. The van der Waals surface area contributed by atoms with Crippen LogP contribution in [0.4, 0.5) is 0 Å². The topological polar surface area (TPSA) is 74.2 Å². The van der Waals surface area contributed by atoms with Crippen LogP contribution < -0.4 is 5.32 Å². The summed E-state index contributed by atoms with van der Waals surface area (Å²) in [4.78, 5) is 6.17. The van der Waals surface area contributed by atoms with Gasteiger partial charge in [-0.25, -0.2) is 8.42 Å². The molecule has 136 valence electrons. The first-order valence-electron chi connectivity index (χ1n) is 7.59. The molecule has 23 heavy (non-hydrogen) atoms. The van der Waals surface area contributed by atoms with Crippen LogP contribution in [-0.4, -0.2) is 82.8 Å². The van der Waals surface area contributed by atoms with E-state index >= 15 is 0 Å². The molecule has 1 saturated heterocycles. The van der Waals surface area contributed by atoms with Crippen LogP contribution in [0.5, 0.6) is 0 Å². The molecule has 1 fully saturated rings. The summed E-state index contributed by atoms with van der Waals surface area (Å²) in [6.45, 7) is 6.72. The lowest BCUT2D eigenvalue weighted by molar-refractivity contribution is 0.0730. The molecule has 0 aliphatic carbocycles. The molecule has 0 bridgehead atoms. The molecule has 0 atom stereocenters. The van der Waals surface area contributed by atoms with Gasteiger partial charge in [0.05, 0.1) is 19.0 Å². The summed E-state index contributed by atoms with van der Waals surface area (Å²) in [6.07, 6.45) is 3.83. The smallest absolute Gasteiger partial charge is 0.215 e. The number of allylic oxidation sites excluding steroid dienone is 1. The summed E-state index contributed by atoms with van der Waals surface area (Å²) in [7, 11) is 0.407. The molecule has 0 amide bonds. The van der Waals surface area contributed by atoms with Gasteiger partial charge >= 0.3 is 0 Å². The fourth-order valence-electron chi connectivity index (χ4n) is 2.21. The Hall–Kier alpha value is -0.390. The van der Waals surface area contributed by atoms with Gasteiger partial charge in [0, 0.05) is 40.3 Å². The number of sulfonamides is 1. The maximum Gasteiger partial charge on any atom is 0.215 e. The summed E-state index contributed by atoms with van der Waals surface area (Å²) in [6, 6.07) is 0. The van der Waals surface area contributed by atoms with Crippen LogP contribution >= 0.6 is 24.0 Å². The zero-order valence-corrected chi connectivity index (χ0v) is 17.2. The molecule has 0 aromatic carbocycles. The molecule has 0 radical (unpaired) electrons. The molecule has 1 rings (SSSR count). The maximum atomic E-state index is 12.2. The van der Waals surface area contributed by atoms with E-state index in [4.69, 9.17) is 4.74 Å². The van der Waals surface area contributed by atoms with E-state index in [1.165, 1.54) is 4.31 Å². The van der Waals surface area contributed by atoms with E-state index in [1.54, 1.807) is 7.05 Å². The molecule has 0 spiro atoms. The van der Waals surface area contributed by atoms with Crippen LogP contribution in [0, 0.1) is 0 Å². The normalized spacial score (nSPS) is 16.5. The number of unbranched alkanes of at least 4 members (excludes halogenated alkanes) is 1. The molecule has 9 heteroatoms. The molecular formula is C14H29IN4O3S. The van der Waals surface area contributed by atoms with Crippen molar-refractivity contribution in [2.24, 2.45) is 4.99 Å². The number of morpholine rings is 1. The van der Waals surface area contributed by atoms with Gasteiger partial charge in [0.15, 0.2) is 5.96 Å². The average molecular weight is 460 g/mol. The minimum atomic E-state index is -3.23. The zero-order chi connectivity index (χ0) is 16.4. The van der Waals surface area contributed by atoms with Crippen molar-refractivity contribution in [3.05, 3.63) is 12.7 Å². The van der Waals surface area contributed by atoms with Crippen LogP contribution in [0.15, 0.2) is 17.6 Å². The molecule has 0 unspecified atom stereocenters. The van der Waals surface area contributed by atoms with Gasteiger partial charge < -0.3 is 15.0 Å². The highest BCUT2D eigenvalue weighted by Gasteiger charge is 2.23. The highest BCUT2D eigenvalue weighted by atomic mass is 127. The Balaban J connectivity index is 0.00000484. The molecular weight excluding hydrogens is 431 g/mol. The van der Waals surface area contributed by atoms with Crippen molar-refractivity contribution in [3.63, 3.8) is 0 Å². The molecule has 0 saturated carbocycles. The molecule has 1 N–H and O–H groups in total. The second-order valence-electron chi connectivity index (χ2n) is 5.15. The predicted octanol–water partition coefficient (Wildman–Crippen LogP) is 0.740. The average Bonchev–Trinajstić information content (AvgIpc) is 2.52. The van der Waals surface area contributed by atoms with Gasteiger partial charge in [0.25, 0.3) is 0 Å². The van der Waals surface area contributed by atoms with Gasteiger partial charge in [-0.1, -0.05) is 6.08 Å². The largest absolute Gasteiger partial charge is 0.379 e. The number of nitrogens with zero attached hydrogens (tertiary/aromatic N) is 3. The van der Waals surface area contributed by atoms with E-state index in [0.29, 0.717) is 38.8 Å². The maximum absolute atomic E-state index is 12.2. The molecule has 1 heterocycles. The SMILES string of the molecule is C=CCCCN(C)C(=NC)NCCS(=O)(=O)N1CCOCC1.I. The quantitative estimate of drug-likeness (QED) is 0.190. The summed E-state index contributed by atoms with van der Waals surface area (Å²) in [5, 5.41) is 3.10. The van der Waals surface area contributed by atoms with Gasteiger partial charge in [-0.05, 0) is 12.8 Å². The Morgan fingerprint density at radius 1 is 1.43 bits per heavy atom. The number of hydrogen-bond donors (Lipinski definition) is 1. The third-order valence-corrected chi connectivity index (χ3v) is 5.35. The predicted molar refractivity (Wildman–Crippen MR) is 105 cm³/mol. The Labute approximate surface area is 157 Å². The van der Waals surface area contributed by atoms with Crippen LogP contribution in [-0.2, 0) is 14.8 Å². The van der Waals surface area contributed by atoms with Crippen LogP contribution in [0.2, 0.25) is 0 Å². The summed E-state index contributed by atoms with van der Waals surface area (Å²) in [5.41, 5.74) is 0. The Morgan fingerprint density at radius 3 is 2.65 bits per heavy atom. The Morgan fingerprint density at radius 2 is 2.09 bits per heavy atom. The summed E-state index contributed by atoms with van der Waals surface area (Å²) in [5.74, 6) is 0.772. The van der Waals surface area contributed by atoms with Crippen LogP contribution in [0.1, 0.15) is 12.8 Å². The highest BCUT2D eigenvalue weighted by Crippen LogP contribution is 2.05. The van der Waals surface area contributed by atoms with E-state index < -0.39 is 10.0 Å². The number of nitrogens with one attached hydrogen (secondary N) is 1. The Kier molecular flexibility index (Phi) is 11.8. The lowest BCUT2D eigenvalue weighted by Crippen LogP contribution is -2.45. The van der Waals surface area contributed by atoms with E-state index in [2.05, 4.69) is 16.9 Å². The number of aliphatic imine (C=N–C) groups is 1. The van der Waals surface area contributed by atoms with Gasteiger partial charge in [0.2, 0.25) is 10.0 Å². The standard InChI is InChI=1S/C14H28N4O3S.HI/c1-4-5-6-8-17(3)14(15-2)16-7-13-22(19,20)18-9-11-21-12-10-18;/h4H,1,5-13H2,2-3H3,(H,15,16);1H. The van der Waals surface area contributed by atoms with E-state index in [-0.39, 0.29) is 29.7 Å². The van der Waals surface area contributed by atoms with Crippen molar-refractivity contribution >= 4 is 40.0 Å². The number of halogens is 1. The van der Waals surface area contributed by atoms with Crippen molar-refractivity contribution in [2.45, 2.75) is 12.8 Å². The van der Waals surface area contributed by atoms with E-state index in [9.17, 15) is 8.42 Å². The minimum absolute atomic E-state index is 0. The van der Waals surface area contributed by atoms with Gasteiger partial charge in [-0.15, -0.1) is 30.6 Å². The number of ether oxygens (including phenoxy) is 1. The first-order valence-corrected chi connectivity index (χ1v) is 9.20. The highest BCUT2D eigenvalue weighted by molar-refractivity contribution is 14.0. The third kappa shape index (κ3) is 8.32. The first-order chi connectivity index (χ1) is 10.5. The minimum Gasteiger partial charge on any atom is -0.379 e. The summed E-state index contributed by atoms with van der Waals surface area (Å²) < 4.78 is 31.1. The van der Waals surface area contributed by atoms with Crippen molar-refractivity contribution < 1.29 is 13.2 Å². The molecule has 0 aromatic heterocycles. The van der Waals surface area contributed by atoms with Crippen molar-refractivity contribution in [2.75, 3.05) is 59.2 Å². The lowest BCUT2D eigenvalue weighted by Gasteiger charge is -2.26. The molecule has 0 aromatic rings. The number of guanidine groups is 1. The first kappa shape index (κ1) is 22.6. The van der Waals surface area contributed by atoms with Crippen LogP contribution in [0.25, 0.3) is 0 Å². The molecule has 1 aliphatic heterocycles.